The van der Waals surface area contributed by atoms with Crippen LogP contribution in [0.5, 0.6) is 5.75 Å². The molecule has 1 unspecified atom stereocenters. The summed E-state index contributed by atoms with van der Waals surface area (Å²) in [6.07, 6.45) is 4.29. The number of aliphatic hydroxyl groups excluding tert-OH is 1. The first-order chi connectivity index (χ1) is 22.5. The average Bonchev–Trinajstić information content (AvgIpc) is 2.96. The van der Waals surface area contributed by atoms with E-state index in [-0.39, 0.29) is 12.3 Å². The third kappa shape index (κ3) is 17.9. The third-order valence-electron chi connectivity index (χ3n) is 6.92. The Balaban J connectivity index is 2.04. The summed E-state index contributed by atoms with van der Waals surface area (Å²) in [6.45, 7) is 15.0. The van der Waals surface area contributed by atoms with Crippen molar-refractivity contribution < 1.29 is 42.7 Å². The predicted octanol–water partition coefficient (Wildman–Crippen LogP) is 8.93. The number of benzene rings is 2. The van der Waals surface area contributed by atoms with Crippen molar-refractivity contribution in [2.45, 2.75) is 110 Å². The van der Waals surface area contributed by atoms with Crippen LogP contribution in [0.3, 0.4) is 0 Å². The van der Waals surface area contributed by atoms with Crippen molar-refractivity contribution >= 4 is 19.6 Å². The lowest BCUT2D eigenvalue weighted by molar-refractivity contribution is -0.0377. The van der Waals surface area contributed by atoms with Gasteiger partial charge in [0.25, 0.3) is 0 Å². The van der Waals surface area contributed by atoms with Crippen LogP contribution in [0.1, 0.15) is 103 Å². The number of amides is 1. The summed E-state index contributed by atoms with van der Waals surface area (Å²) in [4.78, 5) is 27.8. The zero-order valence-corrected chi connectivity index (χ0v) is 31.2. The molecule has 48 heavy (non-hydrogen) atoms. The van der Waals surface area contributed by atoms with Gasteiger partial charge in [0.05, 0.1) is 13.2 Å². The molecular weight excluding hydrogens is 633 g/mol. The molecule has 10 nitrogen and oxygen atoms in total. The number of unbranched alkanes of at least 4 members (excludes halogenated alkanes) is 4. The number of rotatable bonds is 19. The van der Waals surface area contributed by atoms with Crippen LogP contribution in [0.25, 0.3) is 0 Å². The summed E-state index contributed by atoms with van der Waals surface area (Å²) in [6, 6.07) is 15.3. The summed E-state index contributed by atoms with van der Waals surface area (Å²) in [7, 11) is -2.90. The Labute approximate surface area is 287 Å². The first-order valence-corrected chi connectivity index (χ1v) is 19.4. The van der Waals surface area contributed by atoms with Gasteiger partial charge in [-0.25, -0.2) is 9.59 Å². The molecule has 0 bridgehead atoms. The van der Waals surface area contributed by atoms with Crippen molar-refractivity contribution in [3.63, 3.8) is 0 Å². The maximum atomic E-state index is 13.4. The Bertz CT molecular complexity index is 1300. The minimum absolute atomic E-state index is 0.00856. The van der Waals surface area contributed by atoms with E-state index in [2.05, 4.69) is 24.3 Å². The SMILES string of the molecule is CC(C)(C)OC(=O)OC(CN(CCCCCCOCCCCc1ccccc1)C(=O)OC(C)(C)C)c1ccc(OP(C)(C)=O)c(CO)c1. The van der Waals surface area contributed by atoms with Gasteiger partial charge in [-0.05, 0) is 96.9 Å². The molecule has 0 aliphatic heterocycles. The van der Waals surface area contributed by atoms with Gasteiger partial charge >= 0.3 is 12.2 Å². The van der Waals surface area contributed by atoms with Crippen LogP contribution in [-0.4, -0.2) is 73.1 Å². The largest absolute Gasteiger partial charge is 0.509 e. The lowest BCUT2D eigenvalue weighted by Gasteiger charge is -2.31. The fourth-order valence-corrected chi connectivity index (χ4v) is 5.43. The maximum absolute atomic E-state index is 13.4. The minimum Gasteiger partial charge on any atom is -0.444 e. The number of hydrogen-bond donors (Lipinski definition) is 1. The number of ether oxygens (including phenoxy) is 4. The lowest BCUT2D eigenvalue weighted by Crippen LogP contribution is -2.40. The Morgan fingerprint density at radius 1 is 0.833 bits per heavy atom. The topological polar surface area (TPSA) is 121 Å². The molecule has 0 saturated carbocycles. The molecule has 11 heteroatoms. The highest BCUT2D eigenvalue weighted by molar-refractivity contribution is 7.57. The molecule has 270 valence electrons. The quantitative estimate of drug-likeness (QED) is 0.0874. The van der Waals surface area contributed by atoms with E-state index in [0.29, 0.717) is 30.7 Å². The van der Waals surface area contributed by atoms with Crippen LogP contribution in [0, 0.1) is 0 Å². The average molecular weight is 692 g/mol. The summed E-state index contributed by atoms with van der Waals surface area (Å²) >= 11 is 0. The molecule has 0 aromatic heterocycles. The van der Waals surface area contributed by atoms with E-state index in [1.165, 1.54) is 18.9 Å². The highest BCUT2D eigenvalue weighted by Crippen LogP contribution is 2.41. The number of nitrogens with zero attached hydrogens (tertiary/aromatic N) is 1. The van der Waals surface area contributed by atoms with E-state index in [1.807, 2.05) is 6.07 Å². The molecule has 0 aliphatic carbocycles. The summed E-state index contributed by atoms with van der Waals surface area (Å²) in [5.41, 5.74) is 0.705. The van der Waals surface area contributed by atoms with Gasteiger partial charge in [0.1, 0.15) is 23.1 Å². The monoisotopic (exact) mass is 691 g/mol. The van der Waals surface area contributed by atoms with Gasteiger partial charge in [0.2, 0.25) is 7.37 Å². The van der Waals surface area contributed by atoms with Crippen molar-refractivity contribution in [2.75, 3.05) is 39.6 Å². The van der Waals surface area contributed by atoms with Crippen LogP contribution < -0.4 is 4.52 Å². The van der Waals surface area contributed by atoms with Crippen LogP contribution in [0.2, 0.25) is 0 Å². The molecule has 0 fully saturated rings. The number of carbonyl (C=O) groups is 2. The smallest absolute Gasteiger partial charge is 0.444 e. The zero-order valence-electron chi connectivity index (χ0n) is 30.3. The fraction of sp³-hybridized carbons (Fsp3) is 0.622. The Morgan fingerprint density at radius 3 is 2.06 bits per heavy atom. The molecular formula is C37H58NO9P. The third-order valence-corrected chi connectivity index (χ3v) is 7.56. The molecule has 0 aliphatic rings. The Kier molecular flexibility index (Phi) is 17.0. The zero-order chi connectivity index (χ0) is 35.8. The van der Waals surface area contributed by atoms with Crippen molar-refractivity contribution in [2.24, 2.45) is 0 Å². The van der Waals surface area contributed by atoms with E-state index in [0.717, 1.165) is 45.1 Å². The molecule has 0 heterocycles. The molecule has 2 aromatic rings. The first-order valence-electron chi connectivity index (χ1n) is 16.9. The van der Waals surface area contributed by atoms with Crippen LogP contribution >= 0.6 is 7.37 Å². The molecule has 1 N–H and O–H groups in total. The number of carbonyl (C=O) groups excluding carboxylic acids is 2. The van der Waals surface area contributed by atoms with Crippen molar-refractivity contribution in [3.05, 3.63) is 65.2 Å². The summed E-state index contributed by atoms with van der Waals surface area (Å²) < 4.78 is 40.7. The van der Waals surface area contributed by atoms with Gasteiger partial charge in [-0.1, -0.05) is 49.2 Å². The number of aliphatic hydroxyl groups is 1. The highest BCUT2D eigenvalue weighted by Gasteiger charge is 2.29. The summed E-state index contributed by atoms with van der Waals surface area (Å²) in [5.74, 6) is 0.269. The van der Waals surface area contributed by atoms with Crippen LogP contribution in [0.15, 0.2) is 48.5 Å². The lowest BCUT2D eigenvalue weighted by atomic mass is 10.0. The normalized spacial score (nSPS) is 12.7. The molecule has 1 amide bonds. The van der Waals surface area contributed by atoms with E-state index in [4.69, 9.17) is 23.5 Å². The van der Waals surface area contributed by atoms with Gasteiger partial charge in [-0.2, -0.15) is 0 Å². The second-order valence-electron chi connectivity index (χ2n) is 14.3. The van der Waals surface area contributed by atoms with Crippen LogP contribution in [0.4, 0.5) is 9.59 Å². The second-order valence-corrected chi connectivity index (χ2v) is 17.0. The molecule has 2 aromatic carbocycles. The van der Waals surface area contributed by atoms with E-state index in [9.17, 15) is 19.3 Å². The number of hydrogen-bond acceptors (Lipinski definition) is 9. The van der Waals surface area contributed by atoms with Crippen LogP contribution in [-0.2, 0) is 36.5 Å². The summed E-state index contributed by atoms with van der Waals surface area (Å²) in [5, 5.41) is 10.1. The van der Waals surface area contributed by atoms with Gasteiger partial charge in [0.15, 0.2) is 0 Å². The highest BCUT2D eigenvalue weighted by atomic mass is 31.2. The Morgan fingerprint density at radius 2 is 1.46 bits per heavy atom. The maximum Gasteiger partial charge on any atom is 0.509 e. The Hall–Kier alpha value is -3.07. The van der Waals surface area contributed by atoms with E-state index < -0.39 is 43.5 Å². The number of aryl methyl sites for hydroxylation is 1. The second kappa shape index (κ2) is 19.8. The molecule has 2 rings (SSSR count). The first kappa shape index (κ1) is 41.1. The molecule has 0 spiro atoms. The molecule has 1 atom stereocenters. The van der Waals surface area contributed by atoms with Crippen molar-refractivity contribution in [1.82, 2.24) is 4.90 Å². The molecule has 0 saturated heterocycles. The van der Waals surface area contributed by atoms with Gasteiger partial charge in [-0.3, -0.25) is 4.57 Å². The fourth-order valence-electron chi connectivity index (χ4n) is 4.77. The van der Waals surface area contributed by atoms with Gasteiger partial charge in [-0.15, -0.1) is 0 Å². The van der Waals surface area contributed by atoms with Gasteiger partial charge < -0.3 is 33.5 Å². The van der Waals surface area contributed by atoms with Crippen molar-refractivity contribution in [3.8, 4) is 5.75 Å². The van der Waals surface area contributed by atoms with E-state index in [1.54, 1.807) is 64.6 Å². The molecule has 0 radical (unpaired) electrons. The van der Waals surface area contributed by atoms with E-state index >= 15 is 0 Å². The van der Waals surface area contributed by atoms with Gasteiger partial charge in [0, 0.05) is 38.7 Å². The predicted molar refractivity (Wildman–Crippen MR) is 189 cm³/mol. The van der Waals surface area contributed by atoms with Crippen molar-refractivity contribution in [1.29, 1.82) is 0 Å². The standard InChI is InChI=1S/C37H58NO9P/c1-36(2,3)45-34(40)38(23-15-9-10-16-24-43-25-17-14-20-29-18-12-11-13-19-29)27-33(44-35(41)46-37(4,5)6)30-21-22-32(31(26-30)28-39)47-48(7,8)42/h11-13,18-19,21-22,26,33,39H,9-10,14-17,20,23-25,27-28H2,1-8H3. The minimum atomic E-state index is -2.90.